The van der Waals surface area contributed by atoms with Crippen LogP contribution in [0, 0.1) is 0 Å². The van der Waals surface area contributed by atoms with Gasteiger partial charge in [-0.15, -0.1) is 0 Å². The summed E-state index contributed by atoms with van der Waals surface area (Å²) >= 11 is 0. The number of carbonyl (C=O) groups excluding carboxylic acids is 1. The lowest BCUT2D eigenvalue weighted by molar-refractivity contribution is -0.120. The number of likely N-dealkylation sites (tertiary alicyclic amines) is 1. The molecule has 20 heavy (non-hydrogen) atoms. The highest BCUT2D eigenvalue weighted by molar-refractivity contribution is 5.95. The third-order valence-electron chi connectivity index (χ3n) is 3.93. The molecule has 0 aliphatic carbocycles. The third kappa shape index (κ3) is 3.73. The average molecular weight is 276 g/mol. The van der Waals surface area contributed by atoms with Gasteiger partial charge in [0.25, 0.3) is 0 Å². The second-order valence-corrected chi connectivity index (χ2v) is 5.32. The fourth-order valence-corrected chi connectivity index (χ4v) is 2.63. The molecule has 1 aliphatic rings. The molecule has 0 aromatic heterocycles. The third-order valence-corrected chi connectivity index (χ3v) is 3.93. The monoisotopic (exact) mass is 276 g/mol. The van der Waals surface area contributed by atoms with E-state index < -0.39 is 0 Å². The first-order valence-electron chi connectivity index (χ1n) is 7.40. The van der Waals surface area contributed by atoms with E-state index in [0.717, 1.165) is 18.8 Å². The van der Waals surface area contributed by atoms with Gasteiger partial charge in [-0.25, -0.2) is 0 Å². The van der Waals surface area contributed by atoms with Crippen molar-refractivity contribution in [2.24, 2.45) is 0 Å². The molecule has 0 radical (unpaired) electrons. The van der Waals surface area contributed by atoms with Crippen LogP contribution in [0.1, 0.15) is 32.6 Å². The van der Waals surface area contributed by atoms with Crippen LogP contribution in [-0.2, 0) is 4.79 Å². The van der Waals surface area contributed by atoms with Crippen molar-refractivity contribution < 1.29 is 9.53 Å². The predicted octanol–water partition coefficient (Wildman–Crippen LogP) is 2.90. The number of methoxy groups -OCH3 is 1. The normalized spacial score (nSPS) is 18.1. The van der Waals surface area contributed by atoms with Crippen molar-refractivity contribution in [1.82, 2.24) is 4.90 Å². The fraction of sp³-hybridized carbons (Fsp3) is 0.562. The average Bonchev–Trinajstić information content (AvgIpc) is 2.76. The van der Waals surface area contributed by atoms with Crippen LogP contribution in [0.15, 0.2) is 24.3 Å². The number of para-hydroxylation sites is 2. The Morgan fingerprint density at radius 1 is 1.20 bits per heavy atom. The first-order chi connectivity index (χ1) is 9.72. The number of amides is 1. The molecular formula is C16H24N2O2. The van der Waals surface area contributed by atoms with Crippen LogP contribution in [-0.4, -0.2) is 37.0 Å². The molecule has 1 heterocycles. The molecule has 110 valence electrons. The number of ether oxygens (including phenoxy) is 1. The quantitative estimate of drug-likeness (QED) is 0.919. The number of hydrogen-bond acceptors (Lipinski definition) is 3. The summed E-state index contributed by atoms with van der Waals surface area (Å²) in [5.41, 5.74) is 0.738. The summed E-state index contributed by atoms with van der Waals surface area (Å²) in [5.74, 6) is 0.736. The van der Waals surface area contributed by atoms with Gasteiger partial charge in [0.1, 0.15) is 5.75 Å². The Morgan fingerprint density at radius 2 is 1.85 bits per heavy atom. The molecule has 4 heteroatoms. The molecule has 0 saturated carbocycles. The van der Waals surface area contributed by atoms with Gasteiger partial charge in [-0.3, -0.25) is 9.69 Å². The summed E-state index contributed by atoms with van der Waals surface area (Å²) in [7, 11) is 1.61. The van der Waals surface area contributed by atoms with Gasteiger partial charge in [-0.1, -0.05) is 25.0 Å². The summed E-state index contributed by atoms with van der Waals surface area (Å²) in [6, 6.07) is 7.41. The zero-order valence-electron chi connectivity index (χ0n) is 12.4. The van der Waals surface area contributed by atoms with Crippen molar-refractivity contribution in [3.05, 3.63) is 24.3 Å². The molecule has 1 fully saturated rings. The van der Waals surface area contributed by atoms with Gasteiger partial charge in [0.05, 0.1) is 18.8 Å². The summed E-state index contributed by atoms with van der Waals surface area (Å²) in [6.07, 6.45) is 4.92. The number of hydrogen-bond donors (Lipinski definition) is 1. The minimum absolute atomic E-state index is 0.0383. The topological polar surface area (TPSA) is 41.6 Å². The maximum absolute atomic E-state index is 12.4. The van der Waals surface area contributed by atoms with Crippen molar-refractivity contribution in [3.8, 4) is 5.75 Å². The number of carbonyl (C=O) groups is 1. The van der Waals surface area contributed by atoms with Crippen molar-refractivity contribution in [3.63, 3.8) is 0 Å². The maximum atomic E-state index is 12.4. The van der Waals surface area contributed by atoms with E-state index in [2.05, 4.69) is 10.2 Å². The van der Waals surface area contributed by atoms with Gasteiger partial charge in [0, 0.05) is 0 Å². The summed E-state index contributed by atoms with van der Waals surface area (Å²) in [6.45, 7) is 4.01. The molecule has 0 unspecified atom stereocenters. The van der Waals surface area contributed by atoms with Crippen molar-refractivity contribution in [2.45, 2.75) is 38.6 Å². The summed E-state index contributed by atoms with van der Waals surface area (Å²) < 4.78 is 5.26. The molecule has 0 bridgehead atoms. The van der Waals surface area contributed by atoms with E-state index in [1.807, 2.05) is 31.2 Å². The smallest absolute Gasteiger partial charge is 0.241 e. The second-order valence-electron chi connectivity index (χ2n) is 5.32. The van der Waals surface area contributed by atoms with E-state index in [-0.39, 0.29) is 11.9 Å². The van der Waals surface area contributed by atoms with E-state index in [4.69, 9.17) is 4.74 Å². The maximum Gasteiger partial charge on any atom is 0.241 e. The van der Waals surface area contributed by atoms with Crippen molar-refractivity contribution in [1.29, 1.82) is 0 Å². The Hall–Kier alpha value is -1.55. The zero-order valence-corrected chi connectivity index (χ0v) is 12.4. The Kier molecular flexibility index (Phi) is 5.41. The lowest BCUT2D eigenvalue weighted by atomic mass is 10.2. The minimum Gasteiger partial charge on any atom is -0.495 e. The first-order valence-corrected chi connectivity index (χ1v) is 7.40. The molecule has 4 nitrogen and oxygen atoms in total. The molecule has 1 N–H and O–H groups in total. The molecule has 0 spiro atoms. The number of benzene rings is 1. The number of rotatable bonds is 4. The van der Waals surface area contributed by atoms with E-state index >= 15 is 0 Å². The van der Waals surface area contributed by atoms with Gasteiger partial charge in [0.15, 0.2) is 0 Å². The van der Waals surface area contributed by atoms with E-state index in [0.29, 0.717) is 5.75 Å². The number of nitrogens with zero attached hydrogens (tertiary/aromatic N) is 1. The van der Waals surface area contributed by atoms with E-state index in [9.17, 15) is 4.79 Å². The van der Waals surface area contributed by atoms with Crippen LogP contribution < -0.4 is 10.1 Å². The summed E-state index contributed by atoms with van der Waals surface area (Å²) in [4.78, 5) is 14.7. The molecule has 1 aromatic rings. The van der Waals surface area contributed by atoms with Crippen LogP contribution in [0.4, 0.5) is 5.69 Å². The highest BCUT2D eigenvalue weighted by atomic mass is 16.5. The van der Waals surface area contributed by atoms with Gasteiger partial charge in [-0.2, -0.15) is 0 Å². The van der Waals surface area contributed by atoms with E-state index in [1.165, 1.54) is 25.7 Å². The van der Waals surface area contributed by atoms with Gasteiger partial charge in [-0.05, 0) is 45.0 Å². The van der Waals surface area contributed by atoms with E-state index in [1.54, 1.807) is 7.11 Å². The van der Waals surface area contributed by atoms with Gasteiger partial charge < -0.3 is 10.1 Å². The number of nitrogens with one attached hydrogen (secondary N) is 1. The number of anilines is 1. The van der Waals surface area contributed by atoms with Crippen LogP contribution >= 0.6 is 0 Å². The van der Waals surface area contributed by atoms with Crippen LogP contribution in [0.2, 0.25) is 0 Å². The molecule has 1 aliphatic heterocycles. The highest BCUT2D eigenvalue weighted by Crippen LogP contribution is 2.23. The van der Waals surface area contributed by atoms with Crippen molar-refractivity contribution >= 4 is 11.6 Å². The van der Waals surface area contributed by atoms with Gasteiger partial charge >= 0.3 is 0 Å². The molecule has 2 rings (SSSR count). The SMILES string of the molecule is COc1ccccc1NC(=O)[C@H](C)N1CCCCCC1. The minimum atomic E-state index is -0.0991. The molecule has 1 amide bonds. The Labute approximate surface area is 121 Å². The largest absolute Gasteiger partial charge is 0.495 e. The second kappa shape index (κ2) is 7.29. The zero-order chi connectivity index (χ0) is 14.4. The van der Waals surface area contributed by atoms with Crippen LogP contribution in [0.5, 0.6) is 5.75 Å². The van der Waals surface area contributed by atoms with Crippen LogP contribution in [0.3, 0.4) is 0 Å². The molecule has 1 saturated heterocycles. The lowest BCUT2D eigenvalue weighted by Gasteiger charge is -2.26. The Morgan fingerprint density at radius 3 is 2.50 bits per heavy atom. The standard InChI is InChI=1S/C16H24N2O2/c1-13(18-11-7-3-4-8-12-18)16(19)17-14-9-5-6-10-15(14)20-2/h5-6,9-10,13H,3-4,7-8,11-12H2,1-2H3,(H,17,19)/t13-/m0/s1. The highest BCUT2D eigenvalue weighted by Gasteiger charge is 2.22. The van der Waals surface area contributed by atoms with Gasteiger partial charge in [0.2, 0.25) is 5.91 Å². The Balaban J connectivity index is 1.99. The molecular weight excluding hydrogens is 252 g/mol. The van der Waals surface area contributed by atoms with Crippen molar-refractivity contribution in [2.75, 3.05) is 25.5 Å². The summed E-state index contributed by atoms with van der Waals surface area (Å²) in [5, 5.41) is 2.97. The Bertz CT molecular complexity index is 440. The fourth-order valence-electron chi connectivity index (χ4n) is 2.63. The first kappa shape index (κ1) is 14.9. The molecule has 1 atom stereocenters. The molecule has 1 aromatic carbocycles. The van der Waals surface area contributed by atoms with Crippen LogP contribution in [0.25, 0.3) is 0 Å². The lowest BCUT2D eigenvalue weighted by Crippen LogP contribution is -2.42. The predicted molar refractivity (Wildman–Crippen MR) is 81.1 cm³/mol.